The van der Waals surface area contributed by atoms with E-state index >= 15 is 0 Å². The first-order valence-corrected chi connectivity index (χ1v) is 23.9. The van der Waals surface area contributed by atoms with E-state index in [1.807, 2.05) is 70.1 Å². The molecule has 1 saturated heterocycles. The number of urea groups is 1. The number of imide groups is 1. The van der Waals surface area contributed by atoms with Gasteiger partial charge < -0.3 is 36.0 Å². The summed E-state index contributed by atoms with van der Waals surface area (Å²) < 4.78 is 11.0. The van der Waals surface area contributed by atoms with Gasteiger partial charge in [-0.15, -0.1) is 50.4 Å². The lowest BCUT2D eigenvalue weighted by Crippen LogP contribution is -2.44. The van der Waals surface area contributed by atoms with E-state index in [-0.39, 0.29) is 63.8 Å². The minimum Gasteiger partial charge on any atom is -0.448 e. The van der Waals surface area contributed by atoms with Gasteiger partial charge in [0, 0.05) is 52.5 Å². The second-order valence-electron chi connectivity index (χ2n) is 13.9. The van der Waals surface area contributed by atoms with E-state index in [1.165, 1.54) is 7.05 Å². The largest absolute Gasteiger partial charge is 0.448 e. The summed E-state index contributed by atoms with van der Waals surface area (Å²) in [6.07, 6.45) is 4.54. The van der Waals surface area contributed by atoms with Crippen molar-refractivity contribution in [1.82, 2.24) is 30.8 Å². The maximum atomic E-state index is 12.7. The number of hydroxylamine groups is 2. The van der Waals surface area contributed by atoms with E-state index in [2.05, 4.69) is 34.6 Å². The summed E-state index contributed by atoms with van der Waals surface area (Å²) in [5, 5.41) is 16.0. The van der Waals surface area contributed by atoms with E-state index in [4.69, 9.17) is 15.2 Å². The van der Waals surface area contributed by atoms with Gasteiger partial charge in [-0.25, -0.2) is 19.2 Å². The van der Waals surface area contributed by atoms with Crippen LogP contribution in [0.5, 0.6) is 0 Å². The zero-order chi connectivity index (χ0) is 45.1. The molecule has 1 aliphatic heterocycles. The summed E-state index contributed by atoms with van der Waals surface area (Å²) in [5.41, 5.74) is 5.99. The predicted octanol–water partition coefficient (Wildman–Crippen LogP) is 8.94. The maximum absolute atomic E-state index is 12.7. The number of hydrogen-bond donors (Lipinski definition) is 4. The highest BCUT2D eigenvalue weighted by Gasteiger charge is 2.32. The second kappa shape index (κ2) is 30.9. The topological polar surface area (TPSA) is 202 Å². The molecule has 0 unspecified atom stereocenters. The van der Waals surface area contributed by atoms with Crippen LogP contribution in [0.25, 0.3) is 0 Å². The van der Waals surface area contributed by atoms with Crippen LogP contribution in [0.15, 0.2) is 70.1 Å². The van der Waals surface area contributed by atoms with E-state index in [0.717, 1.165) is 58.0 Å². The van der Waals surface area contributed by atoms with Crippen LogP contribution in [-0.2, 0) is 50.1 Å². The SMILES string of the molecule is C.CCCC[C@@H](COC(=O)N(Cc1cccs1)Cc1cccs1)NC(=O)NC.CCCC[C@H](N)COC(=O)N(Cc1cccs1)Cc1cccs1.CNC(=O)ON1C(=O)CCC1=O. The molecule has 0 aliphatic carbocycles. The zero-order valence-corrected chi connectivity index (χ0v) is 39.0. The van der Waals surface area contributed by atoms with Gasteiger partial charge >= 0.3 is 24.3 Å². The van der Waals surface area contributed by atoms with Crippen LogP contribution in [0, 0.1) is 0 Å². The fourth-order valence-electron chi connectivity index (χ4n) is 5.51. The maximum Gasteiger partial charge on any atom is 0.431 e. The highest BCUT2D eigenvalue weighted by molar-refractivity contribution is 7.10. The van der Waals surface area contributed by atoms with Gasteiger partial charge in [0.15, 0.2) is 0 Å². The number of hydrogen-bond acceptors (Lipinski definition) is 14. The van der Waals surface area contributed by atoms with Crippen LogP contribution in [0.4, 0.5) is 19.2 Å². The number of carbonyl (C=O) groups is 6. The van der Waals surface area contributed by atoms with Crippen molar-refractivity contribution in [2.24, 2.45) is 5.73 Å². The molecule has 0 aromatic carbocycles. The summed E-state index contributed by atoms with van der Waals surface area (Å²) in [6, 6.07) is 15.5. The summed E-state index contributed by atoms with van der Waals surface area (Å²) in [5.74, 6) is -0.966. The molecule has 348 valence electrons. The molecule has 0 radical (unpaired) electrons. The molecule has 2 atom stereocenters. The number of rotatable bonds is 20. The van der Waals surface area contributed by atoms with Crippen molar-refractivity contribution >= 4 is 81.5 Å². The molecule has 0 spiro atoms. The molecule has 1 aliphatic rings. The van der Waals surface area contributed by atoms with Gasteiger partial charge in [0.25, 0.3) is 11.8 Å². The van der Waals surface area contributed by atoms with Gasteiger partial charge in [0.05, 0.1) is 32.2 Å². The lowest BCUT2D eigenvalue weighted by molar-refractivity contribution is -0.171. The van der Waals surface area contributed by atoms with E-state index in [9.17, 15) is 28.8 Å². The lowest BCUT2D eigenvalue weighted by atomic mass is 10.1. The van der Waals surface area contributed by atoms with Crippen LogP contribution < -0.4 is 21.7 Å². The molecule has 16 nitrogen and oxygen atoms in total. The van der Waals surface area contributed by atoms with Crippen molar-refractivity contribution in [3.8, 4) is 0 Å². The number of carbonyl (C=O) groups excluding carboxylic acids is 6. The Morgan fingerprint density at radius 1 is 0.683 bits per heavy atom. The Bertz CT molecular complexity index is 1790. The van der Waals surface area contributed by atoms with E-state index < -0.39 is 17.9 Å². The van der Waals surface area contributed by atoms with Crippen LogP contribution in [0.3, 0.4) is 0 Å². The van der Waals surface area contributed by atoms with E-state index in [0.29, 0.717) is 31.2 Å². The monoisotopic (exact) mass is 949 g/mol. The second-order valence-corrected chi connectivity index (χ2v) is 18.0. The summed E-state index contributed by atoms with van der Waals surface area (Å²) in [6.45, 7) is 6.82. The normalized spacial score (nSPS) is 12.6. The Morgan fingerprint density at radius 3 is 1.46 bits per heavy atom. The Balaban J connectivity index is 0.000000344. The number of unbranched alkanes of at least 4 members (excludes halogenated alkanes) is 2. The molecule has 7 amide bonds. The van der Waals surface area contributed by atoms with Crippen LogP contribution in [0.2, 0.25) is 0 Å². The van der Waals surface area contributed by atoms with Gasteiger partial charge in [0.2, 0.25) is 0 Å². The average molecular weight is 950 g/mol. The summed E-state index contributed by atoms with van der Waals surface area (Å²) in [4.78, 5) is 81.3. The minimum absolute atomic E-state index is 0. The fourth-order valence-corrected chi connectivity index (χ4v) is 8.38. The molecular weight excluding hydrogens is 887 g/mol. The van der Waals surface area contributed by atoms with Gasteiger partial charge in [-0.05, 0) is 58.6 Å². The Kier molecular flexibility index (Phi) is 26.6. The highest BCUT2D eigenvalue weighted by Crippen LogP contribution is 2.20. The molecular formula is C43H63N7O9S4. The Morgan fingerprint density at radius 2 is 1.10 bits per heavy atom. The number of ether oxygens (including phenoxy) is 2. The Hall–Kier alpha value is -5.02. The minimum atomic E-state index is -0.821. The standard InChI is InChI=1S/C19H27N3O3S2.C17H24N2O2S2.C6H8N2O4.CH4/c1-3-4-7-15(21-18(23)20-2)14-25-19(24)22(12-16-8-5-10-26-16)13-17-9-6-11-27-17;1-2-3-6-14(18)13-21-17(20)19(11-15-7-4-9-22-15)12-16-8-5-10-23-16;1-7-6(11)12-8-4(9)2-3-5(8)10;/h5-6,8-11,15H,3-4,7,12-14H2,1-2H3,(H2,20,21,23);4-5,7-10,14H,2-3,6,11-13,18H2,1H3;2-3H2,1H3,(H,7,11);1H4/t15-;14-;;/m00../s1. The molecule has 5 N–H and O–H groups in total. The molecule has 1 fully saturated rings. The van der Waals surface area contributed by atoms with Gasteiger partial charge in [-0.1, -0.05) is 71.2 Å². The molecule has 5 rings (SSSR count). The van der Waals surface area contributed by atoms with Crippen molar-refractivity contribution < 1.29 is 43.1 Å². The zero-order valence-electron chi connectivity index (χ0n) is 35.7. The first-order chi connectivity index (χ1) is 30.0. The summed E-state index contributed by atoms with van der Waals surface area (Å²) >= 11 is 6.53. The first kappa shape index (κ1) is 54.1. The molecule has 4 aromatic heterocycles. The van der Waals surface area contributed by atoms with Crippen molar-refractivity contribution in [1.29, 1.82) is 0 Å². The summed E-state index contributed by atoms with van der Waals surface area (Å²) in [7, 11) is 2.91. The molecule has 63 heavy (non-hydrogen) atoms. The van der Waals surface area contributed by atoms with Crippen LogP contribution in [-0.4, -0.2) is 90.4 Å². The number of nitrogens with two attached hydrogens (primary N) is 1. The van der Waals surface area contributed by atoms with Crippen LogP contribution >= 0.6 is 45.3 Å². The average Bonchev–Trinajstić information content (AvgIpc) is 4.15. The predicted molar refractivity (Wildman–Crippen MR) is 250 cm³/mol. The number of nitrogens with one attached hydrogen (secondary N) is 3. The van der Waals surface area contributed by atoms with Crippen molar-refractivity contribution in [3.63, 3.8) is 0 Å². The number of amides is 7. The fraction of sp³-hybridized carbons (Fsp3) is 0.488. The Labute approximate surface area is 387 Å². The van der Waals surface area contributed by atoms with E-state index in [1.54, 1.807) is 62.2 Å². The molecule has 20 heteroatoms. The lowest BCUT2D eigenvalue weighted by Gasteiger charge is -2.23. The number of thiophene rings is 4. The molecule has 0 bridgehead atoms. The van der Waals surface area contributed by atoms with Crippen LogP contribution in [0.1, 0.15) is 92.1 Å². The quantitative estimate of drug-likeness (QED) is 0.0620. The molecule has 5 heterocycles. The third kappa shape index (κ3) is 21.3. The third-order valence-corrected chi connectivity index (χ3v) is 12.3. The number of nitrogens with zero attached hydrogens (tertiary/aromatic N) is 3. The smallest absolute Gasteiger partial charge is 0.431 e. The van der Waals surface area contributed by atoms with Gasteiger partial charge in [0.1, 0.15) is 13.2 Å². The molecule has 4 aromatic rings. The molecule has 0 saturated carbocycles. The van der Waals surface area contributed by atoms with Gasteiger partial charge in [-0.3, -0.25) is 19.4 Å². The van der Waals surface area contributed by atoms with Crippen molar-refractivity contribution in [3.05, 3.63) is 89.6 Å². The van der Waals surface area contributed by atoms with Crippen molar-refractivity contribution in [2.45, 2.75) is 111 Å². The highest BCUT2D eigenvalue weighted by atomic mass is 32.1. The van der Waals surface area contributed by atoms with Crippen molar-refractivity contribution in [2.75, 3.05) is 27.3 Å². The third-order valence-electron chi connectivity index (χ3n) is 8.83. The van der Waals surface area contributed by atoms with Gasteiger partial charge in [-0.2, -0.15) is 0 Å². The first-order valence-electron chi connectivity index (χ1n) is 20.4.